The molecule has 4 heteroatoms. The van der Waals surface area contributed by atoms with Gasteiger partial charge >= 0.3 is 0 Å². The van der Waals surface area contributed by atoms with Gasteiger partial charge < -0.3 is 10.0 Å². The minimum Gasteiger partial charge on any atom is -0.387 e. The number of para-hydroxylation sites is 1. The number of hydrogen-bond donors (Lipinski definition) is 1. The lowest BCUT2D eigenvalue weighted by Crippen LogP contribution is -2.63. The first-order valence-corrected chi connectivity index (χ1v) is 7.87. The lowest BCUT2D eigenvalue weighted by atomic mass is 9.89. The Balaban J connectivity index is 1.62. The number of amides is 1. The lowest BCUT2D eigenvalue weighted by molar-refractivity contribution is -0.131. The molecule has 0 bridgehead atoms. The fourth-order valence-corrected chi connectivity index (χ4v) is 3.73. The Morgan fingerprint density at radius 3 is 2.81 bits per heavy atom. The van der Waals surface area contributed by atoms with E-state index in [1.165, 1.54) is 5.56 Å². The van der Waals surface area contributed by atoms with Crippen molar-refractivity contribution >= 4 is 11.6 Å². The highest BCUT2D eigenvalue weighted by Crippen LogP contribution is 2.32. The van der Waals surface area contributed by atoms with Crippen molar-refractivity contribution in [2.24, 2.45) is 0 Å². The van der Waals surface area contributed by atoms with Crippen molar-refractivity contribution < 1.29 is 9.90 Å². The normalized spacial score (nSPS) is 23.8. The largest absolute Gasteiger partial charge is 0.387 e. The fraction of sp³-hybridized carbons (Fsp3) is 0.588. The Kier molecular flexibility index (Phi) is 3.76. The van der Waals surface area contributed by atoms with Crippen LogP contribution in [0.4, 0.5) is 5.69 Å². The predicted molar refractivity (Wildman–Crippen MR) is 83.4 cm³/mol. The quantitative estimate of drug-likeness (QED) is 0.919. The van der Waals surface area contributed by atoms with Gasteiger partial charge in [-0.15, -0.1) is 0 Å². The van der Waals surface area contributed by atoms with Crippen LogP contribution in [0.1, 0.15) is 32.3 Å². The third-order valence-corrected chi connectivity index (χ3v) is 4.59. The molecule has 0 radical (unpaired) electrons. The van der Waals surface area contributed by atoms with Gasteiger partial charge in [0.25, 0.3) is 0 Å². The first-order chi connectivity index (χ1) is 10.0. The van der Waals surface area contributed by atoms with Gasteiger partial charge in [0.05, 0.1) is 12.1 Å². The van der Waals surface area contributed by atoms with Crippen LogP contribution in [-0.4, -0.2) is 47.2 Å². The summed E-state index contributed by atoms with van der Waals surface area (Å²) in [5.41, 5.74) is 1.74. The molecule has 21 heavy (non-hydrogen) atoms. The highest BCUT2D eigenvalue weighted by molar-refractivity contribution is 5.97. The molecule has 0 aliphatic carbocycles. The molecule has 1 fully saturated rings. The maximum atomic E-state index is 12.6. The molecule has 2 heterocycles. The third-order valence-electron chi connectivity index (χ3n) is 4.59. The van der Waals surface area contributed by atoms with E-state index < -0.39 is 5.60 Å². The Morgan fingerprint density at radius 2 is 2.10 bits per heavy atom. The SMILES string of the molecule is CCCC1(O)CN(CC(=O)N2c3ccccc3CC2C)C1. The summed E-state index contributed by atoms with van der Waals surface area (Å²) in [6.07, 6.45) is 2.73. The minimum absolute atomic E-state index is 0.144. The lowest BCUT2D eigenvalue weighted by Gasteiger charge is -2.46. The standard InChI is InChI=1S/C17H24N2O2/c1-3-8-17(21)11-18(12-17)10-16(20)19-13(2)9-14-6-4-5-7-15(14)19/h4-7,13,21H,3,8-12H2,1-2H3. The molecule has 0 spiro atoms. The molecule has 1 atom stereocenters. The zero-order valence-corrected chi connectivity index (χ0v) is 12.9. The average Bonchev–Trinajstić information content (AvgIpc) is 2.73. The first-order valence-electron chi connectivity index (χ1n) is 7.87. The van der Waals surface area contributed by atoms with Crippen LogP contribution in [0, 0.1) is 0 Å². The van der Waals surface area contributed by atoms with E-state index in [9.17, 15) is 9.90 Å². The molecule has 4 nitrogen and oxygen atoms in total. The summed E-state index contributed by atoms with van der Waals surface area (Å²) in [6.45, 7) is 5.83. The second-order valence-corrected chi connectivity index (χ2v) is 6.57. The number of likely N-dealkylation sites (tertiary alicyclic amines) is 1. The number of rotatable bonds is 4. The number of hydrogen-bond acceptors (Lipinski definition) is 3. The van der Waals surface area contributed by atoms with Crippen molar-refractivity contribution in [3.8, 4) is 0 Å². The van der Waals surface area contributed by atoms with Crippen molar-refractivity contribution in [2.45, 2.75) is 44.8 Å². The van der Waals surface area contributed by atoms with E-state index in [2.05, 4.69) is 19.9 Å². The van der Waals surface area contributed by atoms with Crippen molar-refractivity contribution in [2.75, 3.05) is 24.5 Å². The third kappa shape index (κ3) is 2.70. The van der Waals surface area contributed by atoms with Crippen LogP contribution >= 0.6 is 0 Å². The molecule has 1 amide bonds. The fourth-order valence-electron chi connectivity index (χ4n) is 3.73. The van der Waals surface area contributed by atoms with Gasteiger partial charge in [-0.25, -0.2) is 0 Å². The Hall–Kier alpha value is -1.39. The molecule has 2 aliphatic heterocycles. The summed E-state index contributed by atoms with van der Waals surface area (Å²) in [5, 5.41) is 10.2. The molecule has 3 rings (SSSR count). The average molecular weight is 288 g/mol. The van der Waals surface area contributed by atoms with Crippen LogP contribution in [0.25, 0.3) is 0 Å². The summed E-state index contributed by atoms with van der Waals surface area (Å²) in [4.78, 5) is 16.6. The van der Waals surface area contributed by atoms with Crippen molar-refractivity contribution in [3.63, 3.8) is 0 Å². The van der Waals surface area contributed by atoms with E-state index in [1.54, 1.807) is 0 Å². The maximum Gasteiger partial charge on any atom is 0.241 e. The van der Waals surface area contributed by atoms with Crippen LogP contribution < -0.4 is 4.90 Å². The molecule has 1 aromatic carbocycles. The molecule has 114 valence electrons. The van der Waals surface area contributed by atoms with Gasteiger partial charge in [-0.05, 0) is 31.4 Å². The summed E-state index contributed by atoms with van der Waals surface area (Å²) >= 11 is 0. The van der Waals surface area contributed by atoms with Gasteiger partial charge in [0.2, 0.25) is 5.91 Å². The summed E-state index contributed by atoms with van der Waals surface area (Å²) in [6, 6.07) is 8.37. The zero-order valence-electron chi connectivity index (χ0n) is 12.9. The number of fused-ring (bicyclic) bond motifs is 1. The van der Waals surface area contributed by atoms with Gasteiger partial charge in [-0.1, -0.05) is 31.5 Å². The molecule has 0 saturated carbocycles. The summed E-state index contributed by atoms with van der Waals surface area (Å²) in [7, 11) is 0. The van der Waals surface area contributed by atoms with Crippen molar-refractivity contribution in [1.29, 1.82) is 0 Å². The van der Waals surface area contributed by atoms with E-state index in [0.29, 0.717) is 19.6 Å². The van der Waals surface area contributed by atoms with Gasteiger partial charge in [-0.3, -0.25) is 9.69 Å². The molecule has 1 unspecified atom stereocenters. The number of nitrogens with zero attached hydrogens (tertiary/aromatic N) is 2. The number of anilines is 1. The van der Waals surface area contributed by atoms with Gasteiger partial charge in [0.1, 0.15) is 0 Å². The van der Waals surface area contributed by atoms with Crippen LogP contribution in [0.5, 0.6) is 0 Å². The Morgan fingerprint density at radius 1 is 1.38 bits per heavy atom. The summed E-state index contributed by atoms with van der Waals surface area (Å²) in [5.74, 6) is 0.144. The highest BCUT2D eigenvalue weighted by Gasteiger charge is 2.42. The zero-order chi connectivity index (χ0) is 15.0. The van der Waals surface area contributed by atoms with Crippen LogP contribution in [0.2, 0.25) is 0 Å². The highest BCUT2D eigenvalue weighted by atomic mass is 16.3. The Labute approximate surface area is 126 Å². The van der Waals surface area contributed by atoms with E-state index >= 15 is 0 Å². The van der Waals surface area contributed by atoms with Crippen molar-refractivity contribution in [3.05, 3.63) is 29.8 Å². The van der Waals surface area contributed by atoms with Crippen molar-refractivity contribution in [1.82, 2.24) is 4.90 Å². The minimum atomic E-state index is -0.566. The number of carbonyl (C=O) groups is 1. The molecule has 1 N–H and O–H groups in total. The summed E-state index contributed by atoms with van der Waals surface area (Å²) < 4.78 is 0. The maximum absolute atomic E-state index is 12.6. The monoisotopic (exact) mass is 288 g/mol. The molecule has 2 aliphatic rings. The topological polar surface area (TPSA) is 43.8 Å². The van der Waals surface area contributed by atoms with Gasteiger partial charge in [-0.2, -0.15) is 0 Å². The van der Waals surface area contributed by atoms with Gasteiger partial charge in [0.15, 0.2) is 0 Å². The number of carbonyl (C=O) groups excluding carboxylic acids is 1. The number of β-amino-alcohol motifs (C(OH)–C–C–N with tert-alkyl or cyclic N) is 1. The van der Waals surface area contributed by atoms with Gasteiger partial charge in [0, 0.05) is 24.8 Å². The van der Waals surface area contributed by atoms with Crippen LogP contribution in [0.3, 0.4) is 0 Å². The Bertz CT molecular complexity index is 537. The van der Waals surface area contributed by atoms with E-state index in [-0.39, 0.29) is 11.9 Å². The number of aliphatic hydroxyl groups is 1. The molecule has 1 aromatic rings. The predicted octanol–water partition coefficient (Wildman–Crippen LogP) is 1.81. The van der Waals surface area contributed by atoms with E-state index in [1.807, 2.05) is 28.0 Å². The second kappa shape index (κ2) is 5.43. The van der Waals surface area contributed by atoms with Crippen LogP contribution in [-0.2, 0) is 11.2 Å². The molecule has 1 saturated heterocycles. The second-order valence-electron chi connectivity index (χ2n) is 6.57. The molecular weight excluding hydrogens is 264 g/mol. The molecule has 0 aromatic heterocycles. The first kappa shape index (κ1) is 14.5. The van der Waals surface area contributed by atoms with Crippen LogP contribution in [0.15, 0.2) is 24.3 Å². The van der Waals surface area contributed by atoms with E-state index in [0.717, 1.165) is 24.9 Å². The van der Waals surface area contributed by atoms with E-state index in [4.69, 9.17) is 0 Å². The number of benzene rings is 1. The smallest absolute Gasteiger partial charge is 0.241 e. The molecular formula is C17H24N2O2.